The number of hydrogen-bond donors (Lipinski definition) is 1. The molecule has 1 N–H and O–H groups in total. The first-order valence-corrected chi connectivity index (χ1v) is 8.84. The molecule has 0 radical (unpaired) electrons. The lowest BCUT2D eigenvalue weighted by Gasteiger charge is -2.13. The van der Waals surface area contributed by atoms with Gasteiger partial charge in [0, 0.05) is 30.1 Å². The Bertz CT molecular complexity index is 1060. The van der Waals surface area contributed by atoms with Crippen molar-refractivity contribution >= 4 is 23.3 Å². The van der Waals surface area contributed by atoms with Crippen molar-refractivity contribution in [2.24, 2.45) is 0 Å². The van der Waals surface area contributed by atoms with E-state index in [1.807, 2.05) is 4.57 Å². The van der Waals surface area contributed by atoms with Gasteiger partial charge in [0.05, 0.1) is 36.2 Å². The Morgan fingerprint density at radius 1 is 1.20 bits per heavy atom. The number of nitrogens with zero attached hydrogens (tertiary/aromatic N) is 3. The topological polar surface area (TPSA) is 126 Å². The second kappa shape index (κ2) is 9.32. The van der Waals surface area contributed by atoms with Gasteiger partial charge in [0.15, 0.2) is 0 Å². The van der Waals surface area contributed by atoms with Crippen LogP contribution in [0.5, 0.6) is 5.75 Å². The molecule has 1 heterocycles. The lowest BCUT2D eigenvalue weighted by Crippen LogP contribution is -2.15. The van der Waals surface area contributed by atoms with E-state index in [0.29, 0.717) is 24.6 Å². The van der Waals surface area contributed by atoms with E-state index < -0.39 is 22.5 Å². The summed E-state index contributed by atoms with van der Waals surface area (Å²) in [6.45, 7) is 0.905. The number of carbonyl (C=O) groups excluding carboxylic acids is 2. The largest absolute Gasteiger partial charge is 0.490 e. The van der Waals surface area contributed by atoms with Gasteiger partial charge in [-0.05, 0) is 18.2 Å². The van der Waals surface area contributed by atoms with Crippen LogP contribution >= 0.6 is 0 Å². The average Bonchev–Trinajstić information content (AvgIpc) is 3.27. The molecule has 10 nitrogen and oxygen atoms in total. The first-order chi connectivity index (χ1) is 14.5. The molecule has 154 valence electrons. The Balaban J connectivity index is 1.78. The van der Waals surface area contributed by atoms with E-state index in [9.17, 15) is 19.7 Å². The van der Waals surface area contributed by atoms with Crippen LogP contribution in [0.2, 0.25) is 0 Å². The number of anilines is 1. The quantitative estimate of drug-likeness (QED) is 0.344. The third-order valence-corrected chi connectivity index (χ3v) is 4.11. The van der Waals surface area contributed by atoms with Gasteiger partial charge in [-0.3, -0.25) is 14.9 Å². The van der Waals surface area contributed by atoms with Gasteiger partial charge in [0.2, 0.25) is 0 Å². The van der Waals surface area contributed by atoms with E-state index >= 15 is 0 Å². The van der Waals surface area contributed by atoms with Crippen LogP contribution in [-0.2, 0) is 11.3 Å². The highest BCUT2D eigenvalue weighted by Gasteiger charge is 2.19. The van der Waals surface area contributed by atoms with E-state index in [2.05, 4.69) is 15.0 Å². The zero-order chi connectivity index (χ0) is 21.5. The molecule has 0 fully saturated rings. The zero-order valence-corrected chi connectivity index (χ0v) is 16.0. The Labute approximate surface area is 171 Å². The SMILES string of the molecule is COC(=O)c1cc(C(=O)Nc2ccccc2OCCn2ccnc2)cc([N+](=O)[O-])c1. The maximum Gasteiger partial charge on any atom is 0.338 e. The van der Waals surface area contributed by atoms with Crippen LogP contribution in [0, 0.1) is 10.1 Å². The number of amides is 1. The van der Waals surface area contributed by atoms with Gasteiger partial charge in [-0.1, -0.05) is 12.1 Å². The molecule has 1 amide bonds. The van der Waals surface area contributed by atoms with Crippen LogP contribution in [0.1, 0.15) is 20.7 Å². The molecule has 0 unspecified atom stereocenters. The number of nitro benzene ring substituents is 1. The normalized spacial score (nSPS) is 10.3. The van der Waals surface area contributed by atoms with Gasteiger partial charge in [0.1, 0.15) is 12.4 Å². The van der Waals surface area contributed by atoms with Gasteiger partial charge in [-0.2, -0.15) is 0 Å². The summed E-state index contributed by atoms with van der Waals surface area (Å²) in [5.41, 5.74) is -0.160. The predicted molar refractivity (Wildman–Crippen MR) is 107 cm³/mol. The summed E-state index contributed by atoms with van der Waals surface area (Å²) in [6.07, 6.45) is 5.13. The van der Waals surface area contributed by atoms with E-state index in [0.717, 1.165) is 19.2 Å². The molecule has 3 aromatic rings. The first-order valence-electron chi connectivity index (χ1n) is 8.84. The van der Waals surface area contributed by atoms with Gasteiger partial charge >= 0.3 is 5.97 Å². The van der Waals surface area contributed by atoms with Crippen LogP contribution in [0.3, 0.4) is 0 Å². The fourth-order valence-corrected chi connectivity index (χ4v) is 2.65. The molecule has 0 aliphatic heterocycles. The molecule has 2 aromatic carbocycles. The van der Waals surface area contributed by atoms with Crippen LogP contribution in [0.4, 0.5) is 11.4 Å². The maximum atomic E-state index is 12.7. The summed E-state index contributed by atoms with van der Waals surface area (Å²) in [7, 11) is 1.15. The van der Waals surface area contributed by atoms with Crippen molar-refractivity contribution in [1.82, 2.24) is 9.55 Å². The Morgan fingerprint density at radius 3 is 2.67 bits per heavy atom. The number of aromatic nitrogens is 2. The maximum absolute atomic E-state index is 12.7. The smallest absolute Gasteiger partial charge is 0.338 e. The van der Waals surface area contributed by atoms with Crippen LogP contribution in [0.15, 0.2) is 61.2 Å². The monoisotopic (exact) mass is 410 g/mol. The third-order valence-electron chi connectivity index (χ3n) is 4.11. The molecule has 0 saturated heterocycles. The summed E-state index contributed by atoms with van der Waals surface area (Å²) in [4.78, 5) is 38.9. The number of ether oxygens (including phenoxy) is 2. The lowest BCUT2D eigenvalue weighted by atomic mass is 10.1. The van der Waals surface area contributed by atoms with Gasteiger partial charge in [0.25, 0.3) is 11.6 Å². The molecule has 10 heteroatoms. The fraction of sp³-hybridized carbons (Fsp3) is 0.150. The zero-order valence-electron chi connectivity index (χ0n) is 16.0. The van der Waals surface area contributed by atoms with E-state index in [-0.39, 0.29) is 11.1 Å². The molecule has 30 heavy (non-hydrogen) atoms. The molecule has 0 aliphatic rings. The van der Waals surface area contributed by atoms with E-state index in [1.165, 1.54) is 6.07 Å². The second-order valence-electron chi connectivity index (χ2n) is 6.12. The number of nitrogens with one attached hydrogen (secondary N) is 1. The van der Waals surface area contributed by atoms with Gasteiger partial charge in [-0.15, -0.1) is 0 Å². The molecular weight excluding hydrogens is 392 g/mol. The van der Waals surface area contributed by atoms with Crippen molar-refractivity contribution in [3.05, 3.63) is 82.4 Å². The summed E-state index contributed by atoms with van der Waals surface area (Å²) < 4.78 is 12.2. The predicted octanol–water partition coefficient (Wildman–Crippen LogP) is 2.91. The summed E-state index contributed by atoms with van der Waals surface area (Å²) >= 11 is 0. The fourth-order valence-electron chi connectivity index (χ4n) is 2.65. The number of rotatable bonds is 8. The molecule has 0 spiro atoms. The van der Waals surface area contributed by atoms with Crippen molar-refractivity contribution in [1.29, 1.82) is 0 Å². The molecule has 3 rings (SSSR count). The minimum absolute atomic E-state index is 0.0576. The van der Waals surface area contributed by atoms with E-state index in [1.54, 1.807) is 43.0 Å². The van der Waals surface area contributed by atoms with E-state index in [4.69, 9.17) is 4.74 Å². The minimum Gasteiger partial charge on any atom is -0.490 e. The molecule has 0 saturated carbocycles. The standard InChI is InChI=1S/C20H18N4O6/c1-29-20(26)15-10-14(11-16(12-15)24(27)28)19(25)22-17-4-2-3-5-18(17)30-9-8-23-7-6-21-13-23/h2-7,10-13H,8-9H2,1H3,(H,22,25). The first kappa shape index (κ1) is 20.5. The highest BCUT2D eigenvalue weighted by Crippen LogP contribution is 2.25. The van der Waals surface area contributed by atoms with Gasteiger partial charge in [-0.25, -0.2) is 9.78 Å². The Kier molecular flexibility index (Phi) is 6.38. The molecule has 0 aliphatic carbocycles. The molecule has 0 atom stereocenters. The lowest BCUT2D eigenvalue weighted by molar-refractivity contribution is -0.384. The summed E-state index contributed by atoms with van der Waals surface area (Å²) in [6, 6.07) is 10.2. The number of imidazole rings is 1. The highest BCUT2D eigenvalue weighted by molar-refractivity contribution is 6.06. The van der Waals surface area contributed by atoms with Crippen molar-refractivity contribution < 1.29 is 24.0 Å². The average molecular weight is 410 g/mol. The Morgan fingerprint density at radius 2 is 1.97 bits per heavy atom. The number of hydrogen-bond acceptors (Lipinski definition) is 7. The number of esters is 1. The van der Waals surface area contributed by atoms with Crippen LogP contribution in [-0.4, -0.2) is 40.1 Å². The number of non-ortho nitro benzene ring substituents is 1. The molecular formula is C20H18N4O6. The van der Waals surface area contributed by atoms with Gasteiger partial charge < -0.3 is 19.4 Å². The van der Waals surface area contributed by atoms with Crippen molar-refractivity contribution in [2.75, 3.05) is 19.0 Å². The van der Waals surface area contributed by atoms with Crippen LogP contribution in [0.25, 0.3) is 0 Å². The van der Waals surface area contributed by atoms with Crippen molar-refractivity contribution in [3.8, 4) is 5.75 Å². The molecule has 1 aromatic heterocycles. The number of methoxy groups -OCH3 is 1. The second-order valence-corrected chi connectivity index (χ2v) is 6.12. The number of para-hydroxylation sites is 2. The van der Waals surface area contributed by atoms with Crippen molar-refractivity contribution in [3.63, 3.8) is 0 Å². The molecule has 0 bridgehead atoms. The minimum atomic E-state index is -0.781. The van der Waals surface area contributed by atoms with Crippen LogP contribution < -0.4 is 10.1 Å². The third kappa shape index (κ3) is 4.98. The highest BCUT2D eigenvalue weighted by atomic mass is 16.6. The Hall–Kier alpha value is -4.21. The summed E-state index contributed by atoms with van der Waals surface area (Å²) in [5.74, 6) is -0.977. The summed E-state index contributed by atoms with van der Waals surface area (Å²) in [5, 5.41) is 13.8. The number of benzene rings is 2. The van der Waals surface area contributed by atoms with Crippen molar-refractivity contribution in [2.45, 2.75) is 6.54 Å². The number of carbonyl (C=O) groups is 2. The number of nitro groups is 1.